The first kappa shape index (κ1) is 16.1. The lowest BCUT2D eigenvalue weighted by molar-refractivity contribution is 0.261. The van der Waals surface area contributed by atoms with Crippen LogP contribution >= 0.6 is 11.3 Å². The smallest absolute Gasteiger partial charge is 0.327 e. The fourth-order valence-electron chi connectivity index (χ4n) is 2.17. The highest BCUT2D eigenvalue weighted by atomic mass is 32.1. The quantitative estimate of drug-likeness (QED) is 0.748. The molecule has 2 heterocycles. The summed E-state index contributed by atoms with van der Waals surface area (Å²) in [7, 11) is 0. The summed E-state index contributed by atoms with van der Waals surface area (Å²) in [4.78, 5) is 17.2. The second-order valence-corrected chi connectivity index (χ2v) is 6.64. The van der Waals surface area contributed by atoms with E-state index in [0.29, 0.717) is 11.6 Å². The van der Waals surface area contributed by atoms with Crippen LogP contribution < -0.4 is 10.6 Å². The standard InChI is InChI=1S/C16H17N5O2S/c1-8-5-6-12(7-9(8)2)18-15(22)19-16-21-20-14(23-16)13-10(3)17-11(4)24-13/h5-7H,1-4H3,(H2,18,19,21,22). The Morgan fingerprint density at radius 3 is 2.54 bits per heavy atom. The summed E-state index contributed by atoms with van der Waals surface area (Å²) in [6.07, 6.45) is 0. The zero-order valence-corrected chi connectivity index (χ0v) is 14.6. The van der Waals surface area contributed by atoms with Crippen molar-refractivity contribution >= 4 is 29.1 Å². The number of hydrogen-bond donors (Lipinski definition) is 2. The van der Waals surface area contributed by atoms with Gasteiger partial charge in [-0.3, -0.25) is 5.32 Å². The summed E-state index contributed by atoms with van der Waals surface area (Å²) in [5, 5.41) is 14.0. The van der Waals surface area contributed by atoms with Gasteiger partial charge in [-0.05, 0) is 51.0 Å². The minimum Gasteiger partial charge on any atom is -0.402 e. The zero-order chi connectivity index (χ0) is 17.3. The Morgan fingerprint density at radius 2 is 1.88 bits per heavy atom. The highest BCUT2D eigenvalue weighted by Crippen LogP contribution is 2.29. The Morgan fingerprint density at radius 1 is 1.08 bits per heavy atom. The average Bonchev–Trinajstić information content (AvgIpc) is 3.09. The van der Waals surface area contributed by atoms with Crippen LogP contribution in [0.15, 0.2) is 22.6 Å². The summed E-state index contributed by atoms with van der Waals surface area (Å²) < 4.78 is 5.49. The van der Waals surface area contributed by atoms with Gasteiger partial charge in [-0.2, -0.15) is 0 Å². The maximum absolute atomic E-state index is 12.0. The van der Waals surface area contributed by atoms with E-state index in [1.165, 1.54) is 11.3 Å². The van der Waals surface area contributed by atoms with E-state index in [1.807, 2.05) is 45.9 Å². The minimum atomic E-state index is -0.439. The monoisotopic (exact) mass is 343 g/mol. The molecule has 0 bridgehead atoms. The van der Waals surface area contributed by atoms with Crippen LogP contribution in [-0.2, 0) is 0 Å². The Hall–Kier alpha value is -2.74. The number of carbonyl (C=O) groups is 1. The van der Waals surface area contributed by atoms with E-state index >= 15 is 0 Å². The van der Waals surface area contributed by atoms with Gasteiger partial charge in [0, 0.05) is 5.69 Å². The minimum absolute atomic E-state index is 0.0387. The number of nitrogens with one attached hydrogen (secondary N) is 2. The SMILES string of the molecule is Cc1nc(C)c(-c2nnc(NC(=O)Nc3ccc(C)c(C)c3)o2)s1. The number of hydrogen-bond acceptors (Lipinski definition) is 6. The van der Waals surface area contributed by atoms with Crippen molar-refractivity contribution in [2.45, 2.75) is 27.7 Å². The van der Waals surface area contributed by atoms with Crippen molar-refractivity contribution in [1.29, 1.82) is 0 Å². The van der Waals surface area contributed by atoms with Crippen molar-refractivity contribution in [3.8, 4) is 10.8 Å². The number of urea groups is 1. The van der Waals surface area contributed by atoms with Crippen LogP contribution in [0.1, 0.15) is 21.8 Å². The maximum Gasteiger partial charge on any atom is 0.327 e. The van der Waals surface area contributed by atoms with Crippen LogP contribution in [-0.4, -0.2) is 21.2 Å². The third kappa shape index (κ3) is 3.43. The van der Waals surface area contributed by atoms with E-state index in [2.05, 4.69) is 25.8 Å². The molecular formula is C16H17N5O2S. The van der Waals surface area contributed by atoms with Crippen LogP contribution in [0.5, 0.6) is 0 Å². The fraction of sp³-hybridized carbons (Fsp3) is 0.250. The van der Waals surface area contributed by atoms with Gasteiger partial charge in [-0.25, -0.2) is 9.78 Å². The van der Waals surface area contributed by atoms with Gasteiger partial charge in [-0.1, -0.05) is 11.2 Å². The molecule has 2 aromatic heterocycles. The number of nitrogens with zero attached hydrogens (tertiary/aromatic N) is 3. The molecule has 0 aliphatic heterocycles. The van der Waals surface area contributed by atoms with Crippen molar-refractivity contribution in [3.05, 3.63) is 40.0 Å². The second kappa shape index (κ2) is 6.40. The number of rotatable bonds is 3. The Balaban J connectivity index is 1.69. The van der Waals surface area contributed by atoms with E-state index in [-0.39, 0.29) is 6.01 Å². The third-order valence-electron chi connectivity index (χ3n) is 3.51. The molecule has 0 saturated heterocycles. The normalized spacial score (nSPS) is 10.7. The van der Waals surface area contributed by atoms with Gasteiger partial charge in [0.15, 0.2) is 0 Å². The molecule has 124 valence electrons. The zero-order valence-electron chi connectivity index (χ0n) is 13.8. The predicted molar refractivity (Wildman–Crippen MR) is 93.4 cm³/mol. The lowest BCUT2D eigenvalue weighted by atomic mass is 10.1. The molecular weight excluding hydrogens is 326 g/mol. The molecule has 0 fully saturated rings. The highest BCUT2D eigenvalue weighted by Gasteiger charge is 2.16. The third-order valence-corrected chi connectivity index (χ3v) is 4.57. The van der Waals surface area contributed by atoms with Gasteiger partial charge < -0.3 is 9.73 Å². The first-order valence-electron chi connectivity index (χ1n) is 7.35. The molecule has 0 atom stereocenters. The van der Waals surface area contributed by atoms with E-state index in [0.717, 1.165) is 26.7 Å². The molecule has 0 spiro atoms. The van der Waals surface area contributed by atoms with Crippen LogP contribution in [0.3, 0.4) is 0 Å². The molecule has 0 unspecified atom stereocenters. The lowest BCUT2D eigenvalue weighted by Gasteiger charge is -2.07. The van der Waals surface area contributed by atoms with E-state index in [1.54, 1.807) is 0 Å². The topological polar surface area (TPSA) is 92.9 Å². The molecule has 7 nitrogen and oxygen atoms in total. The maximum atomic E-state index is 12.0. The number of benzene rings is 1. The number of aromatic nitrogens is 3. The number of amides is 2. The van der Waals surface area contributed by atoms with Gasteiger partial charge in [0.1, 0.15) is 4.88 Å². The van der Waals surface area contributed by atoms with Crippen molar-refractivity contribution < 1.29 is 9.21 Å². The van der Waals surface area contributed by atoms with Crippen LogP contribution in [0.4, 0.5) is 16.5 Å². The van der Waals surface area contributed by atoms with Gasteiger partial charge in [0.05, 0.1) is 10.7 Å². The van der Waals surface area contributed by atoms with Gasteiger partial charge in [-0.15, -0.1) is 16.4 Å². The lowest BCUT2D eigenvalue weighted by Crippen LogP contribution is -2.19. The first-order chi connectivity index (χ1) is 11.4. The number of aryl methyl sites for hydroxylation is 4. The van der Waals surface area contributed by atoms with Gasteiger partial charge in [0.25, 0.3) is 5.89 Å². The van der Waals surface area contributed by atoms with Crippen molar-refractivity contribution in [1.82, 2.24) is 15.2 Å². The Labute approximate surface area is 143 Å². The molecule has 0 saturated carbocycles. The number of anilines is 2. The molecule has 3 rings (SSSR count). The van der Waals surface area contributed by atoms with E-state index in [9.17, 15) is 4.79 Å². The van der Waals surface area contributed by atoms with Crippen LogP contribution in [0.25, 0.3) is 10.8 Å². The summed E-state index contributed by atoms with van der Waals surface area (Å²) in [6, 6.07) is 5.29. The first-order valence-corrected chi connectivity index (χ1v) is 8.17. The molecule has 0 aliphatic carbocycles. The summed E-state index contributed by atoms with van der Waals surface area (Å²) in [5.41, 5.74) is 3.79. The van der Waals surface area contributed by atoms with E-state index < -0.39 is 6.03 Å². The van der Waals surface area contributed by atoms with Crippen LogP contribution in [0.2, 0.25) is 0 Å². The second-order valence-electron chi connectivity index (χ2n) is 5.44. The van der Waals surface area contributed by atoms with Crippen molar-refractivity contribution in [3.63, 3.8) is 0 Å². The summed E-state index contributed by atoms with van der Waals surface area (Å²) in [6.45, 7) is 7.79. The molecule has 8 heteroatoms. The van der Waals surface area contributed by atoms with Crippen molar-refractivity contribution in [2.75, 3.05) is 10.6 Å². The summed E-state index contributed by atoms with van der Waals surface area (Å²) >= 11 is 1.47. The van der Waals surface area contributed by atoms with Gasteiger partial charge >= 0.3 is 12.0 Å². The van der Waals surface area contributed by atoms with Crippen LogP contribution in [0, 0.1) is 27.7 Å². The van der Waals surface area contributed by atoms with Crippen molar-refractivity contribution in [2.24, 2.45) is 0 Å². The molecule has 2 N–H and O–H groups in total. The number of carbonyl (C=O) groups excluding carboxylic acids is 1. The highest BCUT2D eigenvalue weighted by molar-refractivity contribution is 7.15. The fourth-order valence-corrected chi connectivity index (χ4v) is 3.02. The Kier molecular flexibility index (Phi) is 4.30. The largest absolute Gasteiger partial charge is 0.402 e. The average molecular weight is 343 g/mol. The molecule has 2 amide bonds. The van der Waals surface area contributed by atoms with E-state index in [4.69, 9.17) is 4.42 Å². The predicted octanol–water partition coefficient (Wildman–Crippen LogP) is 4.07. The Bertz CT molecular complexity index is 900. The molecule has 24 heavy (non-hydrogen) atoms. The molecule has 1 aromatic carbocycles. The summed E-state index contributed by atoms with van der Waals surface area (Å²) in [5.74, 6) is 0.347. The molecule has 0 aliphatic rings. The van der Waals surface area contributed by atoms with Gasteiger partial charge in [0.2, 0.25) is 0 Å². The molecule has 3 aromatic rings. The molecule has 0 radical (unpaired) electrons. The number of thiazole rings is 1.